The Bertz CT molecular complexity index is 768. The number of nitrogens with zero attached hydrogens (tertiary/aromatic N) is 1. The number of anilines is 1. The molecule has 2 rings (SSSR count). The number of aromatic amines is 1. The topological polar surface area (TPSA) is 117 Å². The fraction of sp³-hybridized carbons (Fsp3) is 0.231. The Balaban J connectivity index is 2.55. The lowest BCUT2D eigenvalue weighted by molar-refractivity contribution is -0.384. The Hall–Kier alpha value is -2.90. The Kier molecular flexibility index (Phi) is 3.88. The number of hydrogen-bond acceptors (Lipinski definition) is 5. The molecule has 21 heavy (non-hydrogen) atoms. The molecular weight excluding hydrogens is 276 g/mol. The van der Waals surface area contributed by atoms with E-state index in [1.807, 2.05) is 0 Å². The molecule has 0 radical (unpaired) electrons. The number of benzene rings is 1. The fourth-order valence-electron chi connectivity index (χ4n) is 1.99. The molecule has 1 heterocycles. The van der Waals surface area contributed by atoms with E-state index in [-0.39, 0.29) is 17.2 Å². The molecule has 0 aliphatic heterocycles. The van der Waals surface area contributed by atoms with Gasteiger partial charge in [-0.1, -0.05) is 0 Å². The fourth-order valence-corrected chi connectivity index (χ4v) is 1.99. The van der Waals surface area contributed by atoms with Crippen molar-refractivity contribution >= 4 is 28.2 Å². The van der Waals surface area contributed by atoms with Crippen LogP contribution >= 0.6 is 0 Å². The second-order valence-electron chi connectivity index (χ2n) is 4.51. The number of carbonyl (C=O) groups is 1. The smallest absolute Gasteiger partial charge is 0.270 e. The second kappa shape index (κ2) is 5.61. The van der Waals surface area contributed by atoms with E-state index < -0.39 is 11.0 Å². The first-order valence-corrected chi connectivity index (χ1v) is 6.22. The van der Waals surface area contributed by atoms with Gasteiger partial charge in [0.15, 0.2) is 0 Å². The molecule has 0 bridgehead atoms. The molecule has 1 amide bonds. The van der Waals surface area contributed by atoms with E-state index in [0.717, 1.165) is 0 Å². The normalized spacial score (nSPS) is 11.9. The minimum absolute atomic E-state index is 0.0924. The van der Waals surface area contributed by atoms with Gasteiger partial charge in [0.05, 0.1) is 10.4 Å². The van der Waals surface area contributed by atoms with E-state index in [0.29, 0.717) is 16.6 Å². The van der Waals surface area contributed by atoms with Crippen LogP contribution in [0.1, 0.15) is 6.92 Å². The number of nitrogens with one attached hydrogen (secondary N) is 3. The van der Waals surface area contributed by atoms with Crippen LogP contribution in [-0.4, -0.2) is 28.9 Å². The molecule has 1 aromatic carbocycles. The summed E-state index contributed by atoms with van der Waals surface area (Å²) in [7, 11) is 1.50. The molecule has 110 valence electrons. The van der Waals surface area contributed by atoms with E-state index in [1.165, 1.54) is 31.3 Å². The van der Waals surface area contributed by atoms with Crippen LogP contribution in [-0.2, 0) is 4.79 Å². The van der Waals surface area contributed by atoms with Crippen molar-refractivity contribution in [1.29, 1.82) is 0 Å². The molecule has 0 aliphatic carbocycles. The van der Waals surface area contributed by atoms with Crippen LogP contribution in [0.25, 0.3) is 10.9 Å². The molecule has 0 fully saturated rings. The lowest BCUT2D eigenvalue weighted by atomic mass is 10.1. The first-order valence-electron chi connectivity index (χ1n) is 6.22. The Morgan fingerprint density at radius 3 is 2.71 bits per heavy atom. The lowest BCUT2D eigenvalue weighted by Crippen LogP contribution is -2.35. The lowest BCUT2D eigenvalue weighted by Gasteiger charge is -2.15. The Morgan fingerprint density at radius 2 is 2.10 bits per heavy atom. The van der Waals surface area contributed by atoms with Crippen molar-refractivity contribution in [2.75, 3.05) is 12.4 Å². The summed E-state index contributed by atoms with van der Waals surface area (Å²) in [6.07, 6.45) is 0. The van der Waals surface area contributed by atoms with Crippen LogP contribution in [0.3, 0.4) is 0 Å². The van der Waals surface area contributed by atoms with Crippen molar-refractivity contribution in [3.05, 3.63) is 44.7 Å². The number of rotatable bonds is 4. The third-order valence-electron chi connectivity index (χ3n) is 3.05. The van der Waals surface area contributed by atoms with Crippen molar-refractivity contribution < 1.29 is 9.72 Å². The van der Waals surface area contributed by atoms with Crippen molar-refractivity contribution in [1.82, 2.24) is 10.3 Å². The number of nitro groups is 1. The number of H-pyrrole nitrogens is 1. The van der Waals surface area contributed by atoms with Crippen LogP contribution in [0.5, 0.6) is 0 Å². The largest absolute Gasteiger partial charge is 0.373 e. The average Bonchev–Trinajstić information content (AvgIpc) is 2.45. The predicted octanol–water partition coefficient (Wildman–Crippen LogP) is 0.983. The summed E-state index contributed by atoms with van der Waals surface area (Å²) in [6.45, 7) is 1.63. The zero-order valence-electron chi connectivity index (χ0n) is 11.5. The zero-order chi connectivity index (χ0) is 15.6. The minimum Gasteiger partial charge on any atom is -0.373 e. The van der Waals surface area contributed by atoms with Gasteiger partial charge in [-0.25, -0.2) is 0 Å². The van der Waals surface area contributed by atoms with Crippen molar-refractivity contribution in [2.24, 2.45) is 0 Å². The van der Waals surface area contributed by atoms with E-state index >= 15 is 0 Å². The number of nitro benzene ring substituents is 1. The van der Waals surface area contributed by atoms with E-state index in [2.05, 4.69) is 15.6 Å². The number of non-ortho nitro benzene ring substituents is 1. The highest BCUT2D eigenvalue weighted by Gasteiger charge is 2.15. The summed E-state index contributed by atoms with van der Waals surface area (Å²) in [5, 5.41) is 16.7. The van der Waals surface area contributed by atoms with Gasteiger partial charge in [-0.2, -0.15) is 0 Å². The first-order chi connectivity index (χ1) is 9.92. The van der Waals surface area contributed by atoms with Gasteiger partial charge >= 0.3 is 0 Å². The molecule has 0 spiro atoms. The molecular formula is C13H14N4O4. The van der Waals surface area contributed by atoms with Gasteiger partial charge in [-0.05, 0) is 13.0 Å². The zero-order valence-corrected chi connectivity index (χ0v) is 11.5. The Morgan fingerprint density at radius 1 is 1.38 bits per heavy atom. The van der Waals surface area contributed by atoms with E-state index in [9.17, 15) is 19.7 Å². The number of amides is 1. The highest BCUT2D eigenvalue weighted by molar-refractivity contribution is 5.94. The predicted molar refractivity (Wildman–Crippen MR) is 78.4 cm³/mol. The van der Waals surface area contributed by atoms with Crippen molar-refractivity contribution in [2.45, 2.75) is 13.0 Å². The number of aromatic nitrogens is 1. The van der Waals surface area contributed by atoms with Crippen LogP contribution < -0.4 is 16.2 Å². The Labute approximate surface area is 119 Å². The molecule has 0 saturated heterocycles. The van der Waals surface area contributed by atoms with Gasteiger partial charge in [0.25, 0.3) is 5.69 Å². The molecule has 2 aromatic rings. The van der Waals surface area contributed by atoms with Crippen LogP contribution in [0.2, 0.25) is 0 Å². The standard InChI is InChI=1S/C13H14N4O4/c1-7(13(19)14-2)15-11-6-12(18)16-10-4-3-8(17(20)21)5-9(10)11/h3-7H,1-2H3,(H,14,19)(H2,15,16,18). The van der Waals surface area contributed by atoms with Crippen LogP contribution in [0.15, 0.2) is 29.1 Å². The van der Waals surface area contributed by atoms with Gasteiger partial charge in [-0.15, -0.1) is 0 Å². The highest BCUT2D eigenvalue weighted by atomic mass is 16.6. The highest BCUT2D eigenvalue weighted by Crippen LogP contribution is 2.25. The van der Waals surface area contributed by atoms with Crippen molar-refractivity contribution in [3.63, 3.8) is 0 Å². The van der Waals surface area contributed by atoms with Gasteiger partial charge in [-0.3, -0.25) is 19.7 Å². The quantitative estimate of drug-likeness (QED) is 0.573. The second-order valence-corrected chi connectivity index (χ2v) is 4.51. The van der Waals surface area contributed by atoms with Gasteiger partial charge in [0.1, 0.15) is 6.04 Å². The van der Waals surface area contributed by atoms with Crippen LogP contribution in [0.4, 0.5) is 11.4 Å². The molecule has 1 unspecified atom stereocenters. The van der Waals surface area contributed by atoms with Gasteiger partial charge in [0, 0.05) is 36.3 Å². The number of pyridine rings is 1. The maximum Gasteiger partial charge on any atom is 0.270 e. The summed E-state index contributed by atoms with van der Waals surface area (Å²) in [5.41, 5.74) is 0.376. The maximum absolute atomic E-state index is 11.6. The molecule has 8 nitrogen and oxygen atoms in total. The third kappa shape index (κ3) is 2.99. The number of carbonyl (C=O) groups excluding carboxylic acids is 1. The average molecular weight is 290 g/mol. The number of fused-ring (bicyclic) bond motifs is 1. The molecule has 1 aromatic heterocycles. The van der Waals surface area contributed by atoms with Crippen molar-refractivity contribution in [3.8, 4) is 0 Å². The summed E-state index contributed by atoms with van der Waals surface area (Å²) < 4.78 is 0. The van der Waals surface area contributed by atoms with Crippen LogP contribution in [0, 0.1) is 10.1 Å². The van der Waals surface area contributed by atoms with Gasteiger partial charge in [0.2, 0.25) is 11.5 Å². The SMILES string of the molecule is CNC(=O)C(C)Nc1cc(=O)[nH]c2ccc([N+](=O)[O-])cc12. The molecule has 0 aliphatic rings. The molecule has 0 saturated carbocycles. The van der Waals surface area contributed by atoms with E-state index in [1.54, 1.807) is 6.92 Å². The van der Waals surface area contributed by atoms with E-state index in [4.69, 9.17) is 0 Å². The maximum atomic E-state index is 11.6. The summed E-state index contributed by atoms with van der Waals surface area (Å²) in [4.78, 5) is 36.1. The summed E-state index contributed by atoms with van der Waals surface area (Å²) in [6, 6.07) is 4.81. The molecule has 3 N–H and O–H groups in total. The minimum atomic E-state index is -0.584. The molecule has 8 heteroatoms. The number of likely N-dealkylation sites (N-methyl/N-ethyl adjacent to an activating group) is 1. The monoisotopic (exact) mass is 290 g/mol. The molecule has 1 atom stereocenters. The summed E-state index contributed by atoms with van der Waals surface area (Å²) in [5.74, 6) is -0.256. The van der Waals surface area contributed by atoms with Gasteiger partial charge < -0.3 is 15.6 Å². The third-order valence-corrected chi connectivity index (χ3v) is 3.05. The first kappa shape index (κ1) is 14.5. The number of hydrogen-bond donors (Lipinski definition) is 3. The summed E-state index contributed by atoms with van der Waals surface area (Å²) >= 11 is 0.